The highest BCUT2D eigenvalue weighted by Crippen LogP contribution is 2.46. The SMILES string of the molecule is C1=CC(c2cccc3c4ccccc4n(C4=CC(c5ccccc5)=CC(c5ccccc5)C4)c23)=CC(c2cccc3c4ccccc4n(-c4cc(-c5ccccc5)cc(-c5ccccc5)c4)c23)C1. The zero-order chi connectivity index (χ0) is 45.0. The van der Waals surface area contributed by atoms with Crippen molar-refractivity contribution >= 4 is 60.5 Å². The summed E-state index contributed by atoms with van der Waals surface area (Å²) >= 11 is 0. The molecule has 2 unspecified atom stereocenters. The first-order valence-corrected chi connectivity index (χ1v) is 24.0. The molecule has 0 radical (unpaired) electrons. The van der Waals surface area contributed by atoms with E-state index in [0.29, 0.717) is 0 Å². The fraction of sp³-hybridized carbons (Fsp3) is 0.0606. The van der Waals surface area contributed by atoms with E-state index in [1.54, 1.807) is 0 Å². The third-order valence-electron chi connectivity index (χ3n) is 14.3. The van der Waals surface area contributed by atoms with Gasteiger partial charge in [-0.1, -0.05) is 218 Å². The van der Waals surface area contributed by atoms with Crippen LogP contribution in [0.2, 0.25) is 0 Å². The second-order valence-corrected chi connectivity index (χ2v) is 18.4. The second-order valence-electron chi connectivity index (χ2n) is 18.4. The molecule has 2 aromatic heterocycles. The van der Waals surface area contributed by atoms with Crippen LogP contribution < -0.4 is 0 Å². The molecule has 11 aromatic rings. The fourth-order valence-electron chi connectivity index (χ4n) is 11.2. The summed E-state index contributed by atoms with van der Waals surface area (Å²) in [5.74, 6) is 0.377. The van der Waals surface area contributed by atoms with Crippen molar-refractivity contribution in [3.63, 3.8) is 0 Å². The van der Waals surface area contributed by atoms with E-state index in [2.05, 4.69) is 264 Å². The summed E-state index contributed by atoms with van der Waals surface area (Å²) in [4.78, 5) is 0. The van der Waals surface area contributed by atoms with Crippen molar-refractivity contribution in [1.82, 2.24) is 9.13 Å². The molecular weight excluding hydrogens is 821 g/mol. The molecule has 0 bridgehead atoms. The van der Waals surface area contributed by atoms with Crippen molar-refractivity contribution in [2.24, 2.45) is 0 Å². The van der Waals surface area contributed by atoms with Crippen LogP contribution in [0.3, 0.4) is 0 Å². The van der Waals surface area contributed by atoms with Gasteiger partial charge in [0.25, 0.3) is 0 Å². The molecule has 13 rings (SSSR count). The number of rotatable bonds is 8. The van der Waals surface area contributed by atoms with Gasteiger partial charge < -0.3 is 9.13 Å². The Labute approximate surface area is 397 Å². The summed E-state index contributed by atoms with van der Waals surface area (Å²) in [5, 5.41) is 5.09. The lowest BCUT2D eigenvalue weighted by Crippen LogP contribution is -2.09. The van der Waals surface area contributed by atoms with Crippen molar-refractivity contribution in [3.05, 3.63) is 277 Å². The molecule has 68 heavy (non-hydrogen) atoms. The molecule has 2 atom stereocenters. The molecule has 2 heteroatoms. The standard InChI is InChI=1S/C66H48N2/c1-5-20-45(21-6-1)51-39-52(46-22-7-2-8-23-46)42-55(41-51)67-63-36-15-13-30-59(63)61-34-18-32-57(65(61)67)49-28-17-29-50(38-49)58-33-19-35-62-60-31-14-16-37-64(60)68(66(58)62)56-43-53(47-24-9-3-10-25-47)40-54(44-56)48-26-11-4-12-27-48/h1-28,30-41,43-44,50,52H,29,42H2. The average Bonchev–Trinajstić information content (AvgIpc) is 3.95. The molecule has 9 aromatic carbocycles. The van der Waals surface area contributed by atoms with Crippen LogP contribution >= 0.6 is 0 Å². The van der Waals surface area contributed by atoms with Crippen LogP contribution in [-0.4, -0.2) is 9.13 Å². The molecule has 0 saturated carbocycles. The summed E-state index contributed by atoms with van der Waals surface area (Å²) in [5.41, 5.74) is 19.9. The van der Waals surface area contributed by atoms with Crippen LogP contribution in [0.5, 0.6) is 0 Å². The second kappa shape index (κ2) is 16.8. The Hall–Kier alpha value is -8.46. The van der Waals surface area contributed by atoms with E-state index >= 15 is 0 Å². The minimum atomic E-state index is 0.143. The van der Waals surface area contributed by atoms with Gasteiger partial charge in [-0.2, -0.15) is 0 Å². The number of fused-ring (bicyclic) bond motifs is 6. The topological polar surface area (TPSA) is 9.86 Å². The molecule has 0 saturated heterocycles. The van der Waals surface area contributed by atoms with Crippen LogP contribution in [0.15, 0.2) is 255 Å². The van der Waals surface area contributed by atoms with Gasteiger partial charge in [0, 0.05) is 50.3 Å². The first-order valence-electron chi connectivity index (χ1n) is 24.0. The summed E-state index contributed by atoms with van der Waals surface area (Å²) in [6.07, 6.45) is 14.1. The van der Waals surface area contributed by atoms with E-state index in [0.717, 1.165) is 18.5 Å². The number of para-hydroxylation sites is 4. The summed E-state index contributed by atoms with van der Waals surface area (Å²) in [6.45, 7) is 0. The van der Waals surface area contributed by atoms with E-state index in [1.807, 2.05) is 0 Å². The molecule has 0 amide bonds. The van der Waals surface area contributed by atoms with Gasteiger partial charge in [0.15, 0.2) is 0 Å². The van der Waals surface area contributed by atoms with E-state index in [4.69, 9.17) is 0 Å². The number of hydrogen-bond donors (Lipinski definition) is 0. The van der Waals surface area contributed by atoms with Crippen LogP contribution in [0, 0.1) is 0 Å². The van der Waals surface area contributed by atoms with Crippen molar-refractivity contribution in [3.8, 4) is 27.9 Å². The molecule has 0 fully saturated rings. The summed E-state index contributed by atoms with van der Waals surface area (Å²) in [6, 6.07) is 82.4. The van der Waals surface area contributed by atoms with Gasteiger partial charge in [0.05, 0.1) is 22.1 Å². The Morgan fingerprint density at radius 3 is 1.57 bits per heavy atom. The minimum absolute atomic E-state index is 0.143. The van der Waals surface area contributed by atoms with Crippen LogP contribution in [0.1, 0.15) is 46.9 Å². The van der Waals surface area contributed by atoms with Crippen LogP contribution in [-0.2, 0) is 0 Å². The number of hydrogen-bond acceptors (Lipinski definition) is 0. The third kappa shape index (κ3) is 6.88. The largest absolute Gasteiger partial charge is 0.312 e. The van der Waals surface area contributed by atoms with Crippen LogP contribution in [0.25, 0.3) is 88.4 Å². The molecule has 0 spiro atoms. The molecule has 2 aliphatic rings. The Kier molecular flexibility index (Phi) is 9.83. The van der Waals surface area contributed by atoms with E-state index in [1.165, 1.54) is 105 Å². The lowest BCUT2D eigenvalue weighted by Gasteiger charge is -2.26. The molecule has 322 valence electrons. The Bertz CT molecular complexity index is 3770. The molecule has 0 N–H and O–H groups in total. The van der Waals surface area contributed by atoms with Gasteiger partial charge >= 0.3 is 0 Å². The Morgan fingerprint density at radius 2 is 0.912 bits per heavy atom. The maximum absolute atomic E-state index is 2.59. The van der Waals surface area contributed by atoms with Gasteiger partial charge in [-0.05, 0) is 99.3 Å². The lowest BCUT2D eigenvalue weighted by molar-refractivity contribution is 0.840. The monoisotopic (exact) mass is 868 g/mol. The van der Waals surface area contributed by atoms with Gasteiger partial charge in [0.2, 0.25) is 0 Å². The molecule has 2 heterocycles. The third-order valence-corrected chi connectivity index (χ3v) is 14.3. The van der Waals surface area contributed by atoms with E-state index in [-0.39, 0.29) is 11.8 Å². The number of aromatic nitrogens is 2. The number of allylic oxidation sites excluding steroid dienone is 8. The highest BCUT2D eigenvalue weighted by Gasteiger charge is 2.26. The molecular formula is C66H48N2. The van der Waals surface area contributed by atoms with E-state index in [9.17, 15) is 0 Å². The first kappa shape index (κ1) is 39.9. The predicted molar refractivity (Wildman–Crippen MR) is 288 cm³/mol. The van der Waals surface area contributed by atoms with Crippen molar-refractivity contribution in [1.29, 1.82) is 0 Å². The Morgan fingerprint density at radius 1 is 0.382 bits per heavy atom. The van der Waals surface area contributed by atoms with Crippen molar-refractivity contribution in [2.75, 3.05) is 0 Å². The molecule has 2 nitrogen and oxygen atoms in total. The highest BCUT2D eigenvalue weighted by atomic mass is 15.0. The zero-order valence-corrected chi connectivity index (χ0v) is 37.7. The first-order chi connectivity index (χ1) is 33.7. The summed E-state index contributed by atoms with van der Waals surface area (Å²) < 4.78 is 5.13. The van der Waals surface area contributed by atoms with Crippen LogP contribution in [0.4, 0.5) is 0 Å². The maximum atomic E-state index is 2.59. The average molecular weight is 869 g/mol. The maximum Gasteiger partial charge on any atom is 0.0616 e. The van der Waals surface area contributed by atoms with Crippen molar-refractivity contribution < 1.29 is 0 Å². The Balaban J connectivity index is 1.00. The molecule has 0 aliphatic heterocycles. The van der Waals surface area contributed by atoms with Gasteiger partial charge in [-0.3, -0.25) is 0 Å². The lowest BCUT2D eigenvalue weighted by atomic mass is 9.85. The number of benzene rings is 9. The normalized spacial score (nSPS) is 16.0. The quantitative estimate of drug-likeness (QED) is 0.144. The fourth-order valence-corrected chi connectivity index (χ4v) is 11.2. The number of nitrogens with zero attached hydrogens (tertiary/aromatic N) is 2. The minimum Gasteiger partial charge on any atom is -0.312 e. The predicted octanol–water partition coefficient (Wildman–Crippen LogP) is 17.5. The smallest absolute Gasteiger partial charge is 0.0616 e. The highest BCUT2D eigenvalue weighted by molar-refractivity contribution is 6.14. The molecule has 2 aliphatic carbocycles. The van der Waals surface area contributed by atoms with Crippen molar-refractivity contribution in [2.45, 2.75) is 24.7 Å². The van der Waals surface area contributed by atoms with Gasteiger partial charge in [-0.25, -0.2) is 0 Å². The van der Waals surface area contributed by atoms with Gasteiger partial charge in [-0.15, -0.1) is 0 Å². The van der Waals surface area contributed by atoms with E-state index < -0.39 is 0 Å². The summed E-state index contributed by atoms with van der Waals surface area (Å²) in [7, 11) is 0. The zero-order valence-electron chi connectivity index (χ0n) is 37.7. The van der Waals surface area contributed by atoms with Gasteiger partial charge in [0.1, 0.15) is 0 Å².